The number of nitrogens with one attached hydrogen (secondary N) is 1. The Morgan fingerprint density at radius 3 is 2.80 bits per heavy atom. The zero-order chi connectivity index (χ0) is 17.6. The van der Waals surface area contributed by atoms with Gasteiger partial charge in [-0.25, -0.2) is 4.39 Å². The molecular formula is C18H17FN4OS. The highest BCUT2D eigenvalue weighted by Gasteiger charge is 2.09. The Morgan fingerprint density at radius 1 is 1.28 bits per heavy atom. The molecule has 0 aliphatic heterocycles. The lowest BCUT2D eigenvalue weighted by molar-refractivity contribution is -0.118. The van der Waals surface area contributed by atoms with Crippen LogP contribution in [-0.4, -0.2) is 26.4 Å². The molecule has 0 unspecified atom stereocenters. The van der Waals surface area contributed by atoms with Gasteiger partial charge in [0.2, 0.25) is 5.91 Å². The maximum Gasteiger partial charge on any atom is 0.230 e. The molecule has 2 heterocycles. The average molecular weight is 356 g/mol. The molecule has 1 aromatic carbocycles. The second kappa shape index (κ2) is 7.94. The fourth-order valence-electron chi connectivity index (χ4n) is 2.25. The van der Waals surface area contributed by atoms with Crippen molar-refractivity contribution in [3.63, 3.8) is 0 Å². The van der Waals surface area contributed by atoms with Gasteiger partial charge in [-0.1, -0.05) is 0 Å². The van der Waals surface area contributed by atoms with E-state index in [9.17, 15) is 9.18 Å². The number of carbonyl (C=O) groups excluding carboxylic acids is 1. The fraction of sp³-hybridized carbons (Fsp3) is 0.167. The molecule has 0 bridgehead atoms. The first-order valence-corrected chi connectivity index (χ1v) is 8.69. The zero-order valence-corrected chi connectivity index (χ0v) is 14.5. The molecule has 0 aliphatic carbocycles. The van der Waals surface area contributed by atoms with E-state index in [1.54, 1.807) is 29.2 Å². The van der Waals surface area contributed by atoms with Crippen molar-refractivity contribution < 1.29 is 9.18 Å². The summed E-state index contributed by atoms with van der Waals surface area (Å²) >= 11 is 1.37. The van der Waals surface area contributed by atoms with Crippen LogP contribution in [0, 0.1) is 5.82 Å². The van der Waals surface area contributed by atoms with Gasteiger partial charge < -0.3 is 5.32 Å². The van der Waals surface area contributed by atoms with E-state index in [1.807, 2.05) is 25.2 Å². The normalized spacial score (nSPS) is 10.6. The molecule has 128 valence electrons. The predicted molar refractivity (Wildman–Crippen MR) is 95.4 cm³/mol. The van der Waals surface area contributed by atoms with E-state index in [1.165, 1.54) is 23.9 Å². The first-order valence-electron chi connectivity index (χ1n) is 7.70. The molecule has 1 amide bonds. The summed E-state index contributed by atoms with van der Waals surface area (Å²) in [6, 6.07) is 11.8. The number of halogens is 1. The Balaban J connectivity index is 1.53. The van der Waals surface area contributed by atoms with Crippen LogP contribution in [0.15, 0.2) is 59.8 Å². The second-order valence-electron chi connectivity index (χ2n) is 5.41. The lowest BCUT2D eigenvalue weighted by Crippen LogP contribution is -2.25. The minimum atomic E-state index is -0.283. The third kappa shape index (κ3) is 4.67. The van der Waals surface area contributed by atoms with Gasteiger partial charge in [0.25, 0.3) is 0 Å². The molecule has 0 fully saturated rings. The van der Waals surface area contributed by atoms with Crippen molar-refractivity contribution in [2.75, 3.05) is 5.75 Å². The van der Waals surface area contributed by atoms with Gasteiger partial charge in [0, 0.05) is 29.9 Å². The molecular weight excluding hydrogens is 339 g/mol. The van der Waals surface area contributed by atoms with Crippen molar-refractivity contribution in [1.29, 1.82) is 0 Å². The molecule has 3 aromatic rings. The number of hydrogen-bond donors (Lipinski definition) is 1. The van der Waals surface area contributed by atoms with Crippen molar-refractivity contribution in [3.05, 3.63) is 66.4 Å². The summed E-state index contributed by atoms with van der Waals surface area (Å²) in [5, 5.41) is 7.32. The Labute approximate surface area is 149 Å². The van der Waals surface area contributed by atoms with E-state index >= 15 is 0 Å². The van der Waals surface area contributed by atoms with E-state index in [-0.39, 0.29) is 17.5 Å². The summed E-state index contributed by atoms with van der Waals surface area (Å²) in [6.07, 6.45) is 3.47. The summed E-state index contributed by atoms with van der Waals surface area (Å²) in [7, 11) is 1.84. The number of thioether (sulfide) groups is 1. The van der Waals surface area contributed by atoms with Crippen molar-refractivity contribution >= 4 is 17.7 Å². The summed E-state index contributed by atoms with van der Waals surface area (Å²) in [4.78, 5) is 16.9. The Kier molecular flexibility index (Phi) is 5.45. The van der Waals surface area contributed by atoms with Crippen molar-refractivity contribution in [2.24, 2.45) is 7.05 Å². The van der Waals surface area contributed by atoms with E-state index in [0.717, 1.165) is 21.8 Å². The Morgan fingerprint density at radius 2 is 2.08 bits per heavy atom. The van der Waals surface area contributed by atoms with Gasteiger partial charge in [0.05, 0.1) is 23.7 Å². The molecule has 5 nitrogen and oxygen atoms in total. The highest BCUT2D eigenvalue weighted by molar-refractivity contribution is 8.00. The molecule has 25 heavy (non-hydrogen) atoms. The zero-order valence-electron chi connectivity index (χ0n) is 13.6. The van der Waals surface area contributed by atoms with Crippen LogP contribution in [0.1, 0.15) is 5.69 Å². The highest BCUT2D eigenvalue weighted by Crippen LogP contribution is 2.19. The van der Waals surface area contributed by atoms with Crippen molar-refractivity contribution in [3.8, 4) is 11.3 Å². The van der Waals surface area contributed by atoms with E-state index < -0.39 is 0 Å². The van der Waals surface area contributed by atoms with Gasteiger partial charge in [0.15, 0.2) is 0 Å². The lowest BCUT2D eigenvalue weighted by Gasteiger charge is -2.05. The van der Waals surface area contributed by atoms with Crippen LogP contribution in [0.3, 0.4) is 0 Å². The Bertz CT molecular complexity index is 849. The number of nitrogens with zero attached hydrogens (tertiary/aromatic N) is 3. The van der Waals surface area contributed by atoms with Gasteiger partial charge in [-0.15, -0.1) is 11.8 Å². The number of benzene rings is 1. The predicted octanol–water partition coefficient (Wildman–Crippen LogP) is 3.03. The van der Waals surface area contributed by atoms with Crippen LogP contribution in [0.5, 0.6) is 0 Å². The number of aryl methyl sites for hydroxylation is 1. The van der Waals surface area contributed by atoms with Crippen LogP contribution < -0.4 is 5.32 Å². The maximum atomic E-state index is 12.9. The topological polar surface area (TPSA) is 59.8 Å². The third-order valence-electron chi connectivity index (χ3n) is 3.58. The van der Waals surface area contributed by atoms with Crippen molar-refractivity contribution in [1.82, 2.24) is 20.1 Å². The smallest absolute Gasteiger partial charge is 0.230 e. The standard InChI is InChI=1S/C18H17FN4OS/c1-23-15(9-17(22-23)13-3-2-8-20-10-13)11-21-18(24)12-25-16-6-4-14(19)5-7-16/h2-10H,11-12H2,1H3,(H,21,24). The van der Waals surface area contributed by atoms with Crippen LogP contribution >= 0.6 is 11.8 Å². The van der Waals surface area contributed by atoms with Gasteiger partial charge in [0.1, 0.15) is 5.82 Å². The molecule has 7 heteroatoms. The summed E-state index contributed by atoms with van der Waals surface area (Å²) in [5.74, 6) is -0.0910. The first-order chi connectivity index (χ1) is 12.1. The fourth-order valence-corrected chi connectivity index (χ4v) is 2.97. The van der Waals surface area contributed by atoms with Crippen LogP contribution in [0.4, 0.5) is 4.39 Å². The number of carbonyl (C=O) groups is 1. The van der Waals surface area contributed by atoms with Crippen molar-refractivity contribution in [2.45, 2.75) is 11.4 Å². The molecule has 1 N–H and O–H groups in total. The molecule has 0 saturated heterocycles. The summed E-state index contributed by atoms with van der Waals surface area (Å²) in [5.41, 5.74) is 2.65. The maximum absolute atomic E-state index is 12.9. The van der Waals surface area contributed by atoms with E-state index in [2.05, 4.69) is 15.4 Å². The quantitative estimate of drug-likeness (QED) is 0.690. The summed E-state index contributed by atoms with van der Waals surface area (Å²) in [6.45, 7) is 0.395. The number of aromatic nitrogens is 3. The van der Waals surface area contributed by atoms with E-state index in [0.29, 0.717) is 6.54 Å². The van der Waals surface area contributed by atoms with Gasteiger partial charge in [-0.2, -0.15) is 5.10 Å². The van der Waals surface area contributed by atoms with Gasteiger partial charge in [-0.3, -0.25) is 14.5 Å². The molecule has 0 atom stereocenters. The molecule has 0 radical (unpaired) electrons. The van der Waals surface area contributed by atoms with E-state index in [4.69, 9.17) is 0 Å². The molecule has 0 saturated carbocycles. The minimum Gasteiger partial charge on any atom is -0.350 e. The largest absolute Gasteiger partial charge is 0.350 e. The number of pyridine rings is 1. The molecule has 0 spiro atoms. The SMILES string of the molecule is Cn1nc(-c2cccnc2)cc1CNC(=O)CSc1ccc(F)cc1. The molecule has 2 aromatic heterocycles. The monoisotopic (exact) mass is 356 g/mol. The number of hydrogen-bond acceptors (Lipinski definition) is 4. The number of amides is 1. The lowest BCUT2D eigenvalue weighted by atomic mass is 10.2. The second-order valence-corrected chi connectivity index (χ2v) is 6.45. The third-order valence-corrected chi connectivity index (χ3v) is 4.60. The van der Waals surface area contributed by atoms with Crippen LogP contribution in [-0.2, 0) is 18.4 Å². The molecule has 0 aliphatic rings. The minimum absolute atomic E-state index is 0.0848. The highest BCUT2D eigenvalue weighted by atomic mass is 32.2. The van der Waals surface area contributed by atoms with Crippen LogP contribution in [0.2, 0.25) is 0 Å². The Hall–Kier alpha value is -2.67. The van der Waals surface area contributed by atoms with Gasteiger partial charge >= 0.3 is 0 Å². The summed E-state index contributed by atoms with van der Waals surface area (Å²) < 4.78 is 14.6. The number of rotatable bonds is 6. The molecule has 3 rings (SSSR count). The average Bonchev–Trinajstić information content (AvgIpc) is 3.01. The first kappa shape index (κ1) is 17.2. The van der Waals surface area contributed by atoms with Crippen LogP contribution in [0.25, 0.3) is 11.3 Å². The van der Waals surface area contributed by atoms with Gasteiger partial charge in [-0.05, 0) is 42.5 Å².